The summed E-state index contributed by atoms with van der Waals surface area (Å²) in [6.07, 6.45) is -0.509. The summed E-state index contributed by atoms with van der Waals surface area (Å²) in [5.74, 6) is 0. The standard InChI is InChI=1S/C19H22BrClN2O2/c1-19(2,3)25-18(24)23-17(13-4-8-14(20)9-5-13)16(22)12-6-10-15(21)11-7-12/h4-11,16-17H,22H2,1-3H3,(H,23,24). The van der Waals surface area contributed by atoms with Gasteiger partial charge in [0, 0.05) is 9.50 Å². The third kappa shape index (κ3) is 6.03. The molecule has 2 aromatic carbocycles. The molecule has 0 aliphatic rings. The summed E-state index contributed by atoms with van der Waals surface area (Å²) in [5.41, 5.74) is 7.62. The van der Waals surface area contributed by atoms with Gasteiger partial charge in [0.05, 0.1) is 12.1 Å². The van der Waals surface area contributed by atoms with Gasteiger partial charge in [0.1, 0.15) is 5.60 Å². The summed E-state index contributed by atoms with van der Waals surface area (Å²) in [6, 6.07) is 14.0. The van der Waals surface area contributed by atoms with E-state index >= 15 is 0 Å². The van der Waals surface area contributed by atoms with Gasteiger partial charge in [0.15, 0.2) is 0 Å². The molecule has 0 heterocycles. The number of carbonyl (C=O) groups excluding carboxylic acids is 1. The van der Waals surface area contributed by atoms with Gasteiger partial charge in [0.2, 0.25) is 0 Å². The molecule has 134 valence electrons. The second-order valence-electron chi connectivity index (χ2n) is 6.75. The molecule has 0 aliphatic heterocycles. The van der Waals surface area contributed by atoms with Crippen LogP contribution in [0.2, 0.25) is 5.02 Å². The van der Waals surface area contributed by atoms with Crippen LogP contribution >= 0.6 is 27.5 Å². The molecule has 2 aromatic rings. The Bertz CT molecular complexity index is 712. The van der Waals surface area contributed by atoms with Crippen LogP contribution in [0.15, 0.2) is 53.0 Å². The molecule has 0 spiro atoms. The van der Waals surface area contributed by atoms with E-state index in [1.807, 2.05) is 57.2 Å². The van der Waals surface area contributed by atoms with Gasteiger partial charge >= 0.3 is 6.09 Å². The molecular weight excluding hydrogens is 404 g/mol. The fraction of sp³-hybridized carbons (Fsp3) is 0.316. The number of nitrogens with one attached hydrogen (secondary N) is 1. The number of nitrogens with two attached hydrogens (primary N) is 1. The molecule has 2 rings (SSSR count). The number of hydrogen-bond acceptors (Lipinski definition) is 3. The van der Waals surface area contributed by atoms with Crippen molar-refractivity contribution in [3.05, 3.63) is 69.2 Å². The first-order valence-electron chi connectivity index (χ1n) is 7.92. The average Bonchev–Trinajstić information content (AvgIpc) is 2.52. The molecule has 3 N–H and O–H groups in total. The summed E-state index contributed by atoms with van der Waals surface area (Å²) in [6.45, 7) is 5.46. The van der Waals surface area contributed by atoms with Gasteiger partial charge < -0.3 is 15.8 Å². The molecule has 6 heteroatoms. The van der Waals surface area contributed by atoms with E-state index in [0.29, 0.717) is 5.02 Å². The summed E-state index contributed by atoms with van der Waals surface area (Å²) in [4.78, 5) is 12.3. The van der Waals surface area contributed by atoms with Gasteiger partial charge in [-0.1, -0.05) is 51.8 Å². The molecule has 0 bridgehead atoms. The summed E-state index contributed by atoms with van der Waals surface area (Å²) < 4.78 is 6.33. The van der Waals surface area contributed by atoms with Crippen LogP contribution in [0.3, 0.4) is 0 Å². The van der Waals surface area contributed by atoms with Crippen molar-refractivity contribution in [3.63, 3.8) is 0 Å². The lowest BCUT2D eigenvalue weighted by Gasteiger charge is -2.28. The van der Waals surface area contributed by atoms with Crippen molar-refractivity contribution in [1.82, 2.24) is 5.32 Å². The first-order chi connectivity index (χ1) is 11.7. The van der Waals surface area contributed by atoms with Gasteiger partial charge in [-0.15, -0.1) is 0 Å². The Kier molecular flexibility index (Phi) is 6.49. The number of benzene rings is 2. The zero-order valence-corrected chi connectivity index (χ0v) is 16.8. The van der Waals surface area contributed by atoms with Crippen LogP contribution in [-0.2, 0) is 4.74 Å². The number of halogens is 2. The van der Waals surface area contributed by atoms with Gasteiger partial charge in [0.25, 0.3) is 0 Å². The van der Waals surface area contributed by atoms with Crippen LogP contribution in [0.25, 0.3) is 0 Å². The molecular formula is C19H22BrClN2O2. The third-order valence-corrected chi connectivity index (χ3v) is 4.30. The van der Waals surface area contributed by atoms with Crippen LogP contribution in [-0.4, -0.2) is 11.7 Å². The predicted molar refractivity (Wildman–Crippen MR) is 105 cm³/mol. The van der Waals surface area contributed by atoms with E-state index in [1.165, 1.54) is 0 Å². The van der Waals surface area contributed by atoms with Crippen LogP contribution in [0, 0.1) is 0 Å². The molecule has 0 aromatic heterocycles. The Labute approximate surface area is 161 Å². The maximum absolute atomic E-state index is 12.3. The van der Waals surface area contributed by atoms with Crippen LogP contribution in [0.1, 0.15) is 44.0 Å². The number of ether oxygens (including phenoxy) is 1. The minimum absolute atomic E-state index is 0.441. The first-order valence-corrected chi connectivity index (χ1v) is 9.09. The minimum atomic E-state index is -0.585. The molecule has 0 saturated carbocycles. The molecule has 0 radical (unpaired) electrons. The van der Waals surface area contributed by atoms with Gasteiger partial charge in [-0.3, -0.25) is 0 Å². The van der Waals surface area contributed by atoms with Crippen LogP contribution in [0.4, 0.5) is 4.79 Å². The number of hydrogen-bond donors (Lipinski definition) is 2. The number of alkyl carbamates (subject to hydrolysis) is 1. The van der Waals surface area contributed by atoms with E-state index in [2.05, 4.69) is 21.2 Å². The number of carbonyl (C=O) groups is 1. The summed E-state index contributed by atoms with van der Waals surface area (Å²) in [7, 11) is 0. The molecule has 0 aliphatic carbocycles. The summed E-state index contributed by atoms with van der Waals surface area (Å²) >= 11 is 9.37. The first kappa shape index (κ1) is 19.8. The minimum Gasteiger partial charge on any atom is -0.444 e. The highest BCUT2D eigenvalue weighted by atomic mass is 79.9. The summed E-state index contributed by atoms with van der Waals surface area (Å²) in [5, 5.41) is 3.52. The van der Waals surface area contributed by atoms with E-state index < -0.39 is 23.8 Å². The zero-order valence-electron chi connectivity index (χ0n) is 14.4. The Morgan fingerprint density at radius 3 is 2.12 bits per heavy atom. The second-order valence-corrected chi connectivity index (χ2v) is 8.10. The molecule has 25 heavy (non-hydrogen) atoms. The highest BCUT2D eigenvalue weighted by molar-refractivity contribution is 9.10. The van der Waals surface area contributed by atoms with Crippen molar-refractivity contribution in [2.75, 3.05) is 0 Å². The fourth-order valence-electron chi connectivity index (χ4n) is 2.36. The topological polar surface area (TPSA) is 64.3 Å². The van der Waals surface area contributed by atoms with Gasteiger partial charge in [-0.25, -0.2) is 4.79 Å². The number of rotatable bonds is 4. The SMILES string of the molecule is CC(C)(C)OC(=O)NC(c1ccc(Br)cc1)C(N)c1ccc(Cl)cc1. The lowest BCUT2D eigenvalue weighted by Crippen LogP contribution is -2.39. The Morgan fingerprint density at radius 1 is 1.08 bits per heavy atom. The Morgan fingerprint density at radius 2 is 1.60 bits per heavy atom. The quantitative estimate of drug-likeness (QED) is 0.692. The van der Waals surface area contributed by atoms with Crippen molar-refractivity contribution < 1.29 is 9.53 Å². The molecule has 0 fully saturated rings. The zero-order chi connectivity index (χ0) is 18.6. The van der Waals surface area contributed by atoms with E-state index in [1.54, 1.807) is 12.1 Å². The maximum Gasteiger partial charge on any atom is 0.408 e. The van der Waals surface area contributed by atoms with Gasteiger partial charge in [-0.05, 0) is 56.2 Å². The normalized spacial score (nSPS) is 13.8. The maximum atomic E-state index is 12.3. The third-order valence-electron chi connectivity index (χ3n) is 3.52. The molecule has 0 saturated heterocycles. The predicted octanol–water partition coefficient (Wildman–Crippen LogP) is 5.37. The largest absolute Gasteiger partial charge is 0.444 e. The van der Waals surface area contributed by atoms with Crippen LogP contribution < -0.4 is 11.1 Å². The van der Waals surface area contributed by atoms with E-state index in [9.17, 15) is 4.79 Å². The highest BCUT2D eigenvalue weighted by Crippen LogP contribution is 2.29. The second kappa shape index (κ2) is 8.21. The van der Waals surface area contributed by atoms with Gasteiger partial charge in [-0.2, -0.15) is 0 Å². The smallest absolute Gasteiger partial charge is 0.408 e. The molecule has 1 amide bonds. The Balaban J connectivity index is 2.29. The van der Waals surface area contributed by atoms with Crippen LogP contribution in [0.5, 0.6) is 0 Å². The van der Waals surface area contributed by atoms with Crippen molar-refractivity contribution >= 4 is 33.6 Å². The van der Waals surface area contributed by atoms with Crippen molar-refractivity contribution in [2.24, 2.45) is 5.73 Å². The fourth-order valence-corrected chi connectivity index (χ4v) is 2.75. The average molecular weight is 426 g/mol. The molecule has 4 nitrogen and oxygen atoms in total. The Hall–Kier alpha value is -1.56. The van der Waals surface area contributed by atoms with Crippen molar-refractivity contribution in [2.45, 2.75) is 38.5 Å². The van der Waals surface area contributed by atoms with Crippen molar-refractivity contribution in [3.8, 4) is 0 Å². The van der Waals surface area contributed by atoms with E-state index in [-0.39, 0.29) is 0 Å². The highest BCUT2D eigenvalue weighted by Gasteiger charge is 2.26. The lowest BCUT2D eigenvalue weighted by atomic mass is 9.94. The molecule has 2 unspecified atom stereocenters. The van der Waals surface area contributed by atoms with E-state index in [0.717, 1.165) is 15.6 Å². The van der Waals surface area contributed by atoms with E-state index in [4.69, 9.17) is 22.1 Å². The monoisotopic (exact) mass is 424 g/mol. The lowest BCUT2D eigenvalue weighted by molar-refractivity contribution is 0.0495. The van der Waals surface area contributed by atoms with Crippen molar-refractivity contribution in [1.29, 1.82) is 0 Å². The number of amides is 1. The molecule has 2 atom stereocenters.